The number of nitrogen functional groups attached to an aromatic ring is 1. The Morgan fingerprint density at radius 2 is 2.24 bits per heavy atom. The lowest BCUT2D eigenvalue weighted by atomic mass is 10.1. The number of carbonyl (C=O) groups is 1. The highest BCUT2D eigenvalue weighted by molar-refractivity contribution is 5.95. The van der Waals surface area contributed by atoms with Crippen molar-refractivity contribution in [2.45, 2.75) is 19.9 Å². The molecule has 94 valence electrons. The fourth-order valence-corrected chi connectivity index (χ4v) is 1.82. The number of hydrogen-bond acceptors (Lipinski definition) is 3. The highest BCUT2D eigenvalue weighted by atomic mass is 16.5. The van der Waals surface area contributed by atoms with E-state index in [1.807, 2.05) is 13.8 Å². The molecule has 1 unspecified atom stereocenters. The standard InChI is InChI=1S/C13H20N2O2/c1-4-15(10(2)9-17-3)13(16)11-6-5-7-12(14)8-11/h5-8,10H,4,9,14H2,1-3H3. The van der Waals surface area contributed by atoms with Crippen molar-refractivity contribution in [2.75, 3.05) is 26.0 Å². The molecule has 1 rings (SSSR count). The molecule has 0 aliphatic rings. The predicted molar refractivity (Wildman–Crippen MR) is 68.9 cm³/mol. The van der Waals surface area contributed by atoms with Gasteiger partial charge in [0.2, 0.25) is 0 Å². The van der Waals surface area contributed by atoms with Crippen LogP contribution in [-0.4, -0.2) is 37.1 Å². The topological polar surface area (TPSA) is 55.6 Å². The molecule has 1 aromatic rings. The van der Waals surface area contributed by atoms with E-state index in [2.05, 4.69) is 0 Å². The highest BCUT2D eigenvalue weighted by Gasteiger charge is 2.19. The summed E-state index contributed by atoms with van der Waals surface area (Å²) in [6.07, 6.45) is 0. The lowest BCUT2D eigenvalue weighted by Crippen LogP contribution is -2.40. The van der Waals surface area contributed by atoms with Gasteiger partial charge in [-0.05, 0) is 32.0 Å². The minimum atomic E-state index is -0.00986. The molecule has 0 saturated carbocycles. The first kappa shape index (κ1) is 13.5. The summed E-state index contributed by atoms with van der Waals surface area (Å²) in [4.78, 5) is 14.0. The number of hydrogen-bond donors (Lipinski definition) is 1. The van der Waals surface area contributed by atoms with Crippen LogP contribution < -0.4 is 5.73 Å². The Labute approximate surface area is 102 Å². The summed E-state index contributed by atoms with van der Waals surface area (Å²) in [6, 6.07) is 7.09. The number of rotatable bonds is 5. The second-order valence-electron chi connectivity index (χ2n) is 4.02. The number of benzene rings is 1. The Morgan fingerprint density at radius 1 is 1.53 bits per heavy atom. The second kappa shape index (κ2) is 6.25. The number of carbonyl (C=O) groups excluding carboxylic acids is 1. The molecule has 0 fully saturated rings. The fraction of sp³-hybridized carbons (Fsp3) is 0.462. The maximum Gasteiger partial charge on any atom is 0.254 e. The van der Waals surface area contributed by atoms with Gasteiger partial charge in [-0.2, -0.15) is 0 Å². The van der Waals surface area contributed by atoms with Crippen molar-refractivity contribution in [3.63, 3.8) is 0 Å². The number of ether oxygens (including phenoxy) is 1. The van der Waals surface area contributed by atoms with Crippen molar-refractivity contribution in [1.29, 1.82) is 0 Å². The molecule has 0 aliphatic heterocycles. The SMILES string of the molecule is CCN(C(=O)c1cccc(N)c1)C(C)COC. The zero-order valence-electron chi connectivity index (χ0n) is 10.6. The first-order valence-corrected chi connectivity index (χ1v) is 5.75. The number of nitrogens with zero attached hydrogens (tertiary/aromatic N) is 1. The van der Waals surface area contributed by atoms with Gasteiger partial charge in [-0.15, -0.1) is 0 Å². The zero-order valence-corrected chi connectivity index (χ0v) is 10.6. The van der Waals surface area contributed by atoms with E-state index >= 15 is 0 Å². The van der Waals surface area contributed by atoms with Crippen molar-refractivity contribution in [3.8, 4) is 0 Å². The summed E-state index contributed by atoms with van der Waals surface area (Å²) in [5, 5.41) is 0. The Bertz CT molecular complexity index is 379. The van der Waals surface area contributed by atoms with Crippen LogP contribution in [0, 0.1) is 0 Å². The number of anilines is 1. The minimum absolute atomic E-state index is 0.00986. The summed E-state index contributed by atoms with van der Waals surface area (Å²) in [5.74, 6) is -0.00986. The first-order chi connectivity index (χ1) is 8.10. The van der Waals surface area contributed by atoms with E-state index in [-0.39, 0.29) is 11.9 Å². The molecule has 4 heteroatoms. The molecule has 0 bridgehead atoms. The zero-order chi connectivity index (χ0) is 12.8. The fourth-order valence-electron chi connectivity index (χ4n) is 1.82. The van der Waals surface area contributed by atoms with Crippen molar-refractivity contribution >= 4 is 11.6 Å². The Morgan fingerprint density at radius 3 is 2.76 bits per heavy atom. The van der Waals surface area contributed by atoms with Crippen LogP contribution in [0.15, 0.2) is 24.3 Å². The van der Waals surface area contributed by atoms with Gasteiger partial charge in [0.25, 0.3) is 5.91 Å². The third kappa shape index (κ3) is 3.46. The van der Waals surface area contributed by atoms with Gasteiger partial charge in [0.05, 0.1) is 12.6 Å². The van der Waals surface area contributed by atoms with E-state index in [4.69, 9.17) is 10.5 Å². The molecule has 17 heavy (non-hydrogen) atoms. The maximum atomic E-state index is 12.3. The van der Waals surface area contributed by atoms with Gasteiger partial charge in [-0.3, -0.25) is 4.79 Å². The Kier molecular flexibility index (Phi) is 4.97. The molecule has 0 radical (unpaired) electrons. The molecule has 1 atom stereocenters. The van der Waals surface area contributed by atoms with Gasteiger partial charge in [-0.1, -0.05) is 6.07 Å². The summed E-state index contributed by atoms with van der Waals surface area (Å²) in [6.45, 7) is 5.10. The summed E-state index contributed by atoms with van der Waals surface area (Å²) < 4.78 is 5.08. The molecule has 4 nitrogen and oxygen atoms in total. The summed E-state index contributed by atoms with van der Waals surface area (Å²) in [7, 11) is 1.63. The largest absolute Gasteiger partial charge is 0.399 e. The van der Waals surface area contributed by atoms with Gasteiger partial charge < -0.3 is 15.4 Å². The molecule has 0 heterocycles. The quantitative estimate of drug-likeness (QED) is 0.793. The molecular formula is C13H20N2O2. The molecule has 0 spiro atoms. The van der Waals surface area contributed by atoms with Crippen LogP contribution in [0.5, 0.6) is 0 Å². The number of nitrogens with two attached hydrogens (primary N) is 1. The molecular weight excluding hydrogens is 216 g/mol. The molecule has 0 aliphatic carbocycles. The Hall–Kier alpha value is -1.55. The lowest BCUT2D eigenvalue weighted by molar-refractivity contribution is 0.0579. The Balaban J connectivity index is 2.86. The van der Waals surface area contributed by atoms with Crippen LogP contribution in [0.2, 0.25) is 0 Å². The van der Waals surface area contributed by atoms with Crippen molar-refractivity contribution in [3.05, 3.63) is 29.8 Å². The van der Waals surface area contributed by atoms with Crippen LogP contribution in [0.25, 0.3) is 0 Å². The number of methoxy groups -OCH3 is 1. The molecule has 1 amide bonds. The lowest BCUT2D eigenvalue weighted by Gasteiger charge is -2.27. The molecule has 1 aromatic carbocycles. The van der Waals surface area contributed by atoms with E-state index in [1.54, 1.807) is 36.3 Å². The minimum Gasteiger partial charge on any atom is -0.399 e. The summed E-state index contributed by atoms with van der Waals surface area (Å²) in [5.41, 5.74) is 6.90. The average molecular weight is 236 g/mol. The summed E-state index contributed by atoms with van der Waals surface area (Å²) >= 11 is 0. The van der Waals surface area contributed by atoms with Crippen LogP contribution >= 0.6 is 0 Å². The molecule has 0 aromatic heterocycles. The van der Waals surface area contributed by atoms with E-state index in [0.29, 0.717) is 24.4 Å². The van der Waals surface area contributed by atoms with Gasteiger partial charge in [0.15, 0.2) is 0 Å². The van der Waals surface area contributed by atoms with E-state index in [1.165, 1.54) is 0 Å². The average Bonchev–Trinajstić information content (AvgIpc) is 2.30. The third-order valence-corrected chi connectivity index (χ3v) is 2.68. The molecule has 2 N–H and O–H groups in total. The van der Waals surface area contributed by atoms with E-state index in [9.17, 15) is 4.79 Å². The van der Waals surface area contributed by atoms with Crippen LogP contribution in [-0.2, 0) is 4.74 Å². The smallest absolute Gasteiger partial charge is 0.254 e. The highest BCUT2D eigenvalue weighted by Crippen LogP contribution is 2.12. The van der Waals surface area contributed by atoms with Gasteiger partial charge >= 0.3 is 0 Å². The third-order valence-electron chi connectivity index (χ3n) is 2.68. The van der Waals surface area contributed by atoms with Crippen LogP contribution in [0.4, 0.5) is 5.69 Å². The predicted octanol–water partition coefficient (Wildman–Crippen LogP) is 1.77. The second-order valence-corrected chi connectivity index (χ2v) is 4.02. The van der Waals surface area contributed by atoms with Gasteiger partial charge in [-0.25, -0.2) is 0 Å². The normalized spacial score (nSPS) is 12.2. The number of amides is 1. The van der Waals surface area contributed by atoms with Crippen molar-refractivity contribution in [2.24, 2.45) is 0 Å². The maximum absolute atomic E-state index is 12.3. The van der Waals surface area contributed by atoms with Crippen LogP contribution in [0.1, 0.15) is 24.2 Å². The monoisotopic (exact) mass is 236 g/mol. The van der Waals surface area contributed by atoms with E-state index in [0.717, 1.165) is 0 Å². The molecule has 0 saturated heterocycles. The van der Waals surface area contributed by atoms with Crippen molar-refractivity contribution in [1.82, 2.24) is 4.90 Å². The first-order valence-electron chi connectivity index (χ1n) is 5.75. The van der Waals surface area contributed by atoms with E-state index < -0.39 is 0 Å². The van der Waals surface area contributed by atoms with Gasteiger partial charge in [0.1, 0.15) is 0 Å². The number of likely N-dealkylation sites (N-methyl/N-ethyl adjacent to an activating group) is 1. The van der Waals surface area contributed by atoms with Crippen LogP contribution in [0.3, 0.4) is 0 Å². The van der Waals surface area contributed by atoms with Crippen molar-refractivity contribution < 1.29 is 9.53 Å². The van der Waals surface area contributed by atoms with Gasteiger partial charge in [0, 0.05) is 24.9 Å².